The molecule has 0 saturated heterocycles. The number of aromatic amines is 1. The molecule has 2 aromatic rings. The molecule has 0 aliphatic heterocycles. The second kappa shape index (κ2) is 4.97. The van der Waals surface area contributed by atoms with E-state index < -0.39 is 4.33 Å². The van der Waals surface area contributed by atoms with Gasteiger partial charge in [0.25, 0.3) is 0 Å². The molecule has 1 unspecified atom stereocenters. The standard InChI is InChI=1S/C12H12Cl3N5O/c1-11(2)7(12(11,14)15)3-21-10-8(13)9(17-5-18-10)20-6-16-4-19-20/h4-7H,3H2,1-2H3/p+1. The molecule has 1 aliphatic carbocycles. The average molecular weight is 350 g/mol. The van der Waals surface area contributed by atoms with E-state index in [1.165, 1.54) is 12.7 Å². The third kappa shape index (κ3) is 2.35. The van der Waals surface area contributed by atoms with Gasteiger partial charge in [0.1, 0.15) is 4.33 Å². The number of H-pyrrole nitrogens is 1. The van der Waals surface area contributed by atoms with Gasteiger partial charge in [0.15, 0.2) is 17.7 Å². The predicted molar refractivity (Wildman–Crippen MR) is 77.9 cm³/mol. The van der Waals surface area contributed by atoms with Gasteiger partial charge in [-0.25, -0.2) is 5.10 Å². The van der Waals surface area contributed by atoms with Gasteiger partial charge in [-0.3, -0.25) is 0 Å². The summed E-state index contributed by atoms with van der Waals surface area (Å²) >= 11 is 18.7. The van der Waals surface area contributed by atoms with E-state index >= 15 is 0 Å². The molecule has 112 valence electrons. The lowest BCUT2D eigenvalue weighted by molar-refractivity contribution is -0.660. The second-order valence-corrected chi connectivity index (χ2v) is 7.18. The van der Waals surface area contributed by atoms with Crippen LogP contribution in [0.3, 0.4) is 0 Å². The van der Waals surface area contributed by atoms with Crippen molar-refractivity contribution >= 4 is 34.8 Å². The molecule has 0 radical (unpaired) electrons. The minimum Gasteiger partial charge on any atom is -0.476 e. The molecule has 2 aromatic heterocycles. The van der Waals surface area contributed by atoms with Crippen LogP contribution in [0.4, 0.5) is 0 Å². The first-order valence-corrected chi connectivity index (χ1v) is 7.40. The Morgan fingerprint density at radius 1 is 1.38 bits per heavy atom. The van der Waals surface area contributed by atoms with Gasteiger partial charge in [-0.2, -0.15) is 4.98 Å². The summed E-state index contributed by atoms with van der Waals surface area (Å²) < 4.78 is 6.45. The molecule has 6 nitrogen and oxygen atoms in total. The zero-order chi connectivity index (χ0) is 15.3. The molecule has 0 spiro atoms. The largest absolute Gasteiger partial charge is 0.476 e. The summed E-state index contributed by atoms with van der Waals surface area (Å²) in [6, 6.07) is 0. The van der Waals surface area contributed by atoms with Crippen molar-refractivity contribution in [3.8, 4) is 11.7 Å². The lowest BCUT2D eigenvalue weighted by atomic mass is 10.1. The highest BCUT2D eigenvalue weighted by Gasteiger charge is 2.70. The van der Waals surface area contributed by atoms with Gasteiger partial charge in [-0.1, -0.05) is 35.4 Å². The SMILES string of the molecule is CC1(C)C(COc2ncnc(-[n+]3cnc[nH]3)c2Cl)C1(Cl)Cl. The van der Waals surface area contributed by atoms with Gasteiger partial charge in [-0.05, 0) is 0 Å². The van der Waals surface area contributed by atoms with Crippen molar-refractivity contribution < 1.29 is 9.42 Å². The first kappa shape index (κ1) is 14.8. The molecule has 1 fully saturated rings. The Labute approximate surface area is 136 Å². The lowest BCUT2D eigenvalue weighted by Crippen LogP contribution is -2.33. The highest BCUT2D eigenvalue weighted by atomic mass is 35.5. The number of ether oxygens (including phenoxy) is 1. The van der Waals surface area contributed by atoms with Crippen molar-refractivity contribution in [2.24, 2.45) is 11.3 Å². The van der Waals surface area contributed by atoms with Gasteiger partial charge in [-0.15, -0.1) is 27.9 Å². The number of halogens is 3. The minimum absolute atomic E-state index is 0.0163. The molecule has 3 rings (SSSR count). The maximum Gasteiger partial charge on any atom is 0.310 e. The monoisotopic (exact) mass is 348 g/mol. The second-order valence-electron chi connectivity index (χ2n) is 5.42. The molecule has 1 atom stereocenters. The molecule has 0 amide bonds. The first-order chi connectivity index (χ1) is 9.85. The van der Waals surface area contributed by atoms with E-state index in [1.807, 2.05) is 13.8 Å². The number of nitrogens with zero attached hydrogens (tertiary/aromatic N) is 4. The maximum absolute atomic E-state index is 6.26. The van der Waals surface area contributed by atoms with Crippen LogP contribution in [0.1, 0.15) is 13.8 Å². The molecule has 0 aromatic carbocycles. The van der Waals surface area contributed by atoms with E-state index in [-0.39, 0.29) is 17.2 Å². The number of nitrogens with one attached hydrogen (secondary N) is 1. The van der Waals surface area contributed by atoms with Crippen LogP contribution in [0.15, 0.2) is 19.0 Å². The first-order valence-electron chi connectivity index (χ1n) is 6.27. The van der Waals surface area contributed by atoms with Crippen LogP contribution in [0.5, 0.6) is 5.88 Å². The van der Waals surface area contributed by atoms with Gasteiger partial charge >= 0.3 is 5.82 Å². The van der Waals surface area contributed by atoms with Crippen molar-refractivity contribution in [3.05, 3.63) is 24.0 Å². The van der Waals surface area contributed by atoms with Crippen molar-refractivity contribution in [1.29, 1.82) is 0 Å². The topological polar surface area (TPSA) is 67.6 Å². The van der Waals surface area contributed by atoms with Crippen LogP contribution in [0.2, 0.25) is 5.02 Å². The van der Waals surface area contributed by atoms with Crippen LogP contribution in [0.25, 0.3) is 5.82 Å². The Hall–Kier alpha value is -1.11. The lowest BCUT2D eigenvalue weighted by Gasteiger charge is -2.07. The Morgan fingerprint density at radius 2 is 2.10 bits per heavy atom. The summed E-state index contributed by atoms with van der Waals surface area (Å²) in [4.78, 5) is 12.0. The van der Waals surface area contributed by atoms with E-state index in [4.69, 9.17) is 39.5 Å². The van der Waals surface area contributed by atoms with Crippen LogP contribution < -0.4 is 9.42 Å². The Morgan fingerprint density at radius 3 is 2.67 bits per heavy atom. The van der Waals surface area contributed by atoms with Gasteiger partial charge in [0.2, 0.25) is 12.2 Å². The number of alkyl halides is 2. The van der Waals surface area contributed by atoms with E-state index in [1.54, 1.807) is 11.0 Å². The van der Waals surface area contributed by atoms with Crippen LogP contribution in [0, 0.1) is 11.3 Å². The Kier molecular flexibility index (Phi) is 3.50. The highest BCUT2D eigenvalue weighted by molar-refractivity contribution is 6.51. The summed E-state index contributed by atoms with van der Waals surface area (Å²) in [5, 5.41) is 3.15. The molecule has 0 bridgehead atoms. The molecule has 21 heavy (non-hydrogen) atoms. The van der Waals surface area contributed by atoms with Crippen molar-refractivity contribution in [2.45, 2.75) is 18.2 Å². The Bertz CT molecular complexity index is 645. The van der Waals surface area contributed by atoms with E-state index in [2.05, 4.69) is 20.1 Å². The normalized spacial score (nSPS) is 22.0. The fraction of sp³-hybridized carbons (Fsp3) is 0.500. The highest BCUT2D eigenvalue weighted by Crippen LogP contribution is 2.68. The number of rotatable bonds is 4. The zero-order valence-corrected chi connectivity index (χ0v) is 13.6. The van der Waals surface area contributed by atoms with Crippen LogP contribution >= 0.6 is 34.8 Å². The molecule has 9 heteroatoms. The van der Waals surface area contributed by atoms with Crippen LogP contribution in [-0.4, -0.2) is 31.0 Å². The summed E-state index contributed by atoms with van der Waals surface area (Å²) in [6.45, 7) is 4.33. The number of aromatic nitrogens is 5. The molecule has 1 saturated carbocycles. The Balaban J connectivity index is 1.77. The van der Waals surface area contributed by atoms with Crippen molar-refractivity contribution in [3.63, 3.8) is 0 Å². The zero-order valence-electron chi connectivity index (χ0n) is 11.3. The van der Waals surface area contributed by atoms with Gasteiger partial charge in [0, 0.05) is 11.3 Å². The third-order valence-corrected chi connectivity index (χ3v) is 5.72. The summed E-state index contributed by atoms with van der Waals surface area (Å²) in [7, 11) is 0. The van der Waals surface area contributed by atoms with Crippen molar-refractivity contribution in [2.75, 3.05) is 6.61 Å². The van der Waals surface area contributed by atoms with E-state index in [0.717, 1.165) is 0 Å². The summed E-state index contributed by atoms with van der Waals surface area (Å²) in [5.41, 5.74) is -0.198. The minimum atomic E-state index is -0.784. The summed E-state index contributed by atoms with van der Waals surface area (Å²) in [5.74, 6) is 0.760. The average Bonchev–Trinajstić information content (AvgIpc) is 2.82. The predicted octanol–water partition coefficient (Wildman–Crippen LogP) is 2.34. The van der Waals surface area contributed by atoms with Gasteiger partial charge < -0.3 is 4.74 Å². The molecule has 1 aliphatic rings. The quantitative estimate of drug-likeness (QED) is 0.679. The molecular formula is C12H13Cl3N5O+. The van der Waals surface area contributed by atoms with Gasteiger partial charge in [0.05, 0.1) is 6.61 Å². The third-order valence-electron chi connectivity index (χ3n) is 3.89. The summed E-state index contributed by atoms with van der Waals surface area (Å²) in [6.07, 6.45) is 4.43. The van der Waals surface area contributed by atoms with Crippen LogP contribution in [-0.2, 0) is 0 Å². The molecule has 1 N–H and O–H groups in total. The van der Waals surface area contributed by atoms with E-state index in [0.29, 0.717) is 17.4 Å². The fourth-order valence-corrected chi connectivity index (χ4v) is 3.26. The fourth-order valence-electron chi connectivity index (χ4n) is 2.19. The number of hydrogen-bond acceptors (Lipinski definition) is 4. The van der Waals surface area contributed by atoms with E-state index in [9.17, 15) is 0 Å². The number of hydrogen-bond donors (Lipinski definition) is 1. The smallest absolute Gasteiger partial charge is 0.310 e. The molecular weight excluding hydrogens is 337 g/mol. The maximum atomic E-state index is 6.26. The van der Waals surface area contributed by atoms with Crippen molar-refractivity contribution in [1.82, 2.24) is 20.1 Å². The molecule has 2 heterocycles.